The molecular weight excluding hydrogens is 669 g/mol. The van der Waals surface area contributed by atoms with Crippen molar-refractivity contribution in [2.24, 2.45) is 5.73 Å². The van der Waals surface area contributed by atoms with Gasteiger partial charge in [0.25, 0.3) is 0 Å². The van der Waals surface area contributed by atoms with Crippen molar-refractivity contribution in [3.8, 4) is 0 Å². The summed E-state index contributed by atoms with van der Waals surface area (Å²) in [6, 6.07) is 0. The van der Waals surface area contributed by atoms with Gasteiger partial charge >= 0.3 is 19.9 Å². The second-order valence-corrected chi connectivity index (χ2v) is 14.2. The standard InChI is InChI=1S/C31H62N3O14P/c1-30(2,3)47-26(24-44-28(36)10-8-7-9-13-34-29(37)48-31(4,5)6)25-46-49(38,39)45-17-14-33-27(35)11-15-40-18-20-42-22-23-43-21-19-41-16-12-32/h26H,7-25,32H2,1-6H3,(H,33,35)(H,34,37)(H,38,39). The third-order valence-electron chi connectivity index (χ3n) is 5.63. The molecule has 2 atom stereocenters. The number of ether oxygens (including phenoxy) is 7. The van der Waals surface area contributed by atoms with Gasteiger partial charge in [0, 0.05) is 32.5 Å². The molecule has 0 spiro atoms. The van der Waals surface area contributed by atoms with Gasteiger partial charge in [-0.25, -0.2) is 9.36 Å². The number of carbonyl (C=O) groups excluding carboxylic acids is 3. The number of phosphoric acid groups is 1. The Bertz CT molecular complexity index is 930. The lowest BCUT2D eigenvalue weighted by molar-refractivity contribution is -0.155. The number of carbonyl (C=O) groups is 3. The summed E-state index contributed by atoms with van der Waals surface area (Å²) in [5.41, 5.74) is 4.10. The summed E-state index contributed by atoms with van der Waals surface area (Å²) in [5, 5.41) is 5.23. The van der Waals surface area contributed by atoms with E-state index in [0.717, 1.165) is 0 Å². The third-order valence-corrected chi connectivity index (χ3v) is 6.61. The summed E-state index contributed by atoms with van der Waals surface area (Å²) in [7, 11) is -4.49. The first-order valence-electron chi connectivity index (χ1n) is 16.7. The van der Waals surface area contributed by atoms with E-state index in [-0.39, 0.29) is 51.7 Å². The van der Waals surface area contributed by atoms with Gasteiger partial charge in [0.2, 0.25) is 5.91 Å². The maximum Gasteiger partial charge on any atom is 0.472 e. The van der Waals surface area contributed by atoms with Gasteiger partial charge in [-0.2, -0.15) is 0 Å². The van der Waals surface area contributed by atoms with Crippen LogP contribution < -0.4 is 16.4 Å². The van der Waals surface area contributed by atoms with Gasteiger partial charge in [-0.15, -0.1) is 0 Å². The van der Waals surface area contributed by atoms with Gasteiger partial charge < -0.3 is 54.4 Å². The van der Waals surface area contributed by atoms with Gasteiger partial charge in [-0.1, -0.05) is 6.42 Å². The molecule has 2 amide bonds. The number of amides is 2. The Hall–Kier alpha value is -1.92. The summed E-state index contributed by atoms with van der Waals surface area (Å²) < 4.78 is 59.9. The van der Waals surface area contributed by atoms with E-state index in [2.05, 4.69) is 10.6 Å². The second-order valence-electron chi connectivity index (χ2n) is 12.7. The predicted molar refractivity (Wildman–Crippen MR) is 180 cm³/mol. The minimum Gasteiger partial charge on any atom is -0.463 e. The number of unbranched alkanes of at least 4 members (excludes halogenated alkanes) is 2. The van der Waals surface area contributed by atoms with E-state index in [1.807, 2.05) is 0 Å². The van der Waals surface area contributed by atoms with Crippen molar-refractivity contribution >= 4 is 25.8 Å². The molecule has 0 aliphatic rings. The Kier molecular flexibility index (Phi) is 26.7. The Labute approximate surface area is 291 Å². The first kappa shape index (κ1) is 47.1. The Morgan fingerprint density at radius 3 is 1.86 bits per heavy atom. The zero-order valence-corrected chi connectivity index (χ0v) is 31.2. The molecule has 290 valence electrons. The summed E-state index contributed by atoms with van der Waals surface area (Å²) in [6.07, 6.45) is 0.840. The summed E-state index contributed by atoms with van der Waals surface area (Å²) in [5.74, 6) is -0.774. The Morgan fingerprint density at radius 2 is 1.29 bits per heavy atom. The number of nitrogens with one attached hydrogen (secondary N) is 2. The topological polar surface area (TPSA) is 222 Å². The highest BCUT2D eigenvalue weighted by Gasteiger charge is 2.27. The molecule has 17 nitrogen and oxygen atoms in total. The molecule has 0 fully saturated rings. The van der Waals surface area contributed by atoms with Crippen LogP contribution in [-0.2, 0) is 56.4 Å². The van der Waals surface area contributed by atoms with Crippen molar-refractivity contribution < 1.29 is 66.0 Å². The average molecular weight is 732 g/mol. The molecule has 0 rings (SSSR count). The molecule has 0 aliphatic carbocycles. The van der Waals surface area contributed by atoms with Crippen LogP contribution in [0.5, 0.6) is 0 Å². The molecule has 0 aromatic carbocycles. The largest absolute Gasteiger partial charge is 0.472 e. The van der Waals surface area contributed by atoms with Crippen molar-refractivity contribution in [1.29, 1.82) is 0 Å². The zero-order chi connectivity index (χ0) is 37.0. The molecule has 0 aromatic rings. The van der Waals surface area contributed by atoms with Crippen LogP contribution in [0.15, 0.2) is 0 Å². The maximum absolute atomic E-state index is 12.4. The predicted octanol–water partition coefficient (Wildman–Crippen LogP) is 2.46. The number of hydrogen-bond acceptors (Lipinski definition) is 14. The van der Waals surface area contributed by atoms with Crippen molar-refractivity contribution in [2.45, 2.75) is 91.0 Å². The summed E-state index contributed by atoms with van der Waals surface area (Å²) in [6.45, 7) is 13.9. The number of phosphoric ester groups is 1. The van der Waals surface area contributed by atoms with Crippen LogP contribution in [0.1, 0.15) is 73.6 Å². The van der Waals surface area contributed by atoms with Gasteiger partial charge in [-0.05, 0) is 54.4 Å². The monoisotopic (exact) mass is 731 g/mol. The number of rotatable bonds is 30. The highest BCUT2D eigenvalue weighted by molar-refractivity contribution is 7.47. The number of nitrogens with two attached hydrogens (primary N) is 1. The first-order valence-corrected chi connectivity index (χ1v) is 18.2. The molecular formula is C31H62N3O14P. The average Bonchev–Trinajstić information content (AvgIpc) is 2.99. The molecule has 0 saturated heterocycles. The highest BCUT2D eigenvalue weighted by Crippen LogP contribution is 2.43. The summed E-state index contributed by atoms with van der Waals surface area (Å²) in [4.78, 5) is 45.9. The Morgan fingerprint density at radius 1 is 0.694 bits per heavy atom. The van der Waals surface area contributed by atoms with Crippen molar-refractivity contribution in [3.05, 3.63) is 0 Å². The van der Waals surface area contributed by atoms with E-state index in [1.54, 1.807) is 41.5 Å². The second kappa shape index (κ2) is 27.8. The maximum atomic E-state index is 12.4. The minimum atomic E-state index is -4.49. The van der Waals surface area contributed by atoms with Crippen molar-refractivity contribution in [3.63, 3.8) is 0 Å². The lowest BCUT2D eigenvalue weighted by Crippen LogP contribution is -2.34. The smallest absolute Gasteiger partial charge is 0.463 e. The highest BCUT2D eigenvalue weighted by atomic mass is 31.2. The zero-order valence-electron chi connectivity index (χ0n) is 30.3. The van der Waals surface area contributed by atoms with Crippen LogP contribution in [0.3, 0.4) is 0 Å². The quantitative estimate of drug-likeness (QED) is 0.0473. The normalized spacial score (nSPS) is 13.8. The van der Waals surface area contributed by atoms with E-state index < -0.39 is 37.2 Å². The molecule has 49 heavy (non-hydrogen) atoms. The van der Waals surface area contributed by atoms with Crippen LogP contribution in [0.2, 0.25) is 0 Å². The molecule has 0 bridgehead atoms. The van der Waals surface area contributed by atoms with Crippen LogP contribution in [0.4, 0.5) is 4.79 Å². The van der Waals surface area contributed by atoms with Gasteiger partial charge in [0.1, 0.15) is 18.3 Å². The van der Waals surface area contributed by atoms with E-state index in [0.29, 0.717) is 78.6 Å². The molecule has 0 aliphatic heterocycles. The minimum absolute atomic E-state index is 0.0241. The fourth-order valence-corrected chi connectivity index (χ4v) is 4.37. The number of hydrogen-bond donors (Lipinski definition) is 4. The molecule has 2 unspecified atom stereocenters. The van der Waals surface area contributed by atoms with E-state index in [4.69, 9.17) is 47.9 Å². The van der Waals surface area contributed by atoms with Gasteiger partial charge in [0.15, 0.2) is 0 Å². The summed E-state index contributed by atoms with van der Waals surface area (Å²) >= 11 is 0. The molecule has 0 saturated carbocycles. The Balaban J connectivity index is 4.10. The third kappa shape index (κ3) is 34.3. The SMILES string of the molecule is CC(C)(C)OC(=O)NCCCCCC(=O)OCC(COP(=O)(O)OCCNC(=O)CCOCCOCCOCCOCCN)OC(C)(C)C. The molecule has 0 aromatic heterocycles. The molecule has 5 N–H and O–H groups in total. The lowest BCUT2D eigenvalue weighted by atomic mass is 10.2. The fraction of sp³-hybridized carbons (Fsp3) is 0.903. The van der Waals surface area contributed by atoms with Crippen molar-refractivity contribution in [2.75, 3.05) is 92.3 Å². The van der Waals surface area contributed by atoms with E-state index in [1.165, 1.54) is 0 Å². The van der Waals surface area contributed by atoms with Crippen LogP contribution in [0, 0.1) is 0 Å². The molecule has 0 radical (unpaired) electrons. The van der Waals surface area contributed by atoms with Crippen LogP contribution in [-0.4, -0.2) is 132 Å². The van der Waals surface area contributed by atoms with Crippen LogP contribution in [0.25, 0.3) is 0 Å². The van der Waals surface area contributed by atoms with Crippen molar-refractivity contribution in [1.82, 2.24) is 10.6 Å². The van der Waals surface area contributed by atoms with Gasteiger partial charge in [-0.3, -0.25) is 18.6 Å². The van der Waals surface area contributed by atoms with Gasteiger partial charge in [0.05, 0.1) is 71.7 Å². The molecule has 0 heterocycles. The van der Waals surface area contributed by atoms with Crippen LogP contribution >= 0.6 is 7.82 Å². The van der Waals surface area contributed by atoms with E-state index >= 15 is 0 Å². The molecule has 18 heteroatoms. The first-order chi connectivity index (χ1) is 23.0. The fourth-order valence-electron chi connectivity index (χ4n) is 3.61. The lowest BCUT2D eigenvalue weighted by Gasteiger charge is -2.27. The number of esters is 1. The van der Waals surface area contributed by atoms with E-state index in [9.17, 15) is 23.8 Å². The number of alkyl carbamates (subject to hydrolysis) is 1.